The third kappa shape index (κ3) is 3.17. The van der Waals surface area contributed by atoms with E-state index in [0.717, 1.165) is 33.5 Å². The second kappa shape index (κ2) is 7.45. The summed E-state index contributed by atoms with van der Waals surface area (Å²) in [5.41, 5.74) is 4.08. The van der Waals surface area contributed by atoms with Gasteiger partial charge in [-0.3, -0.25) is 9.59 Å². The van der Waals surface area contributed by atoms with Gasteiger partial charge < -0.3 is 19.5 Å². The maximum atomic E-state index is 13.5. The number of carbonyl (C=O) groups excluding carboxylic acids is 2. The van der Waals surface area contributed by atoms with Crippen molar-refractivity contribution >= 4 is 22.7 Å². The molecule has 6 nitrogen and oxygen atoms in total. The topological polar surface area (TPSA) is 65.6 Å². The maximum Gasteiger partial charge on any atom is 0.246 e. The van der Waals surface area contributed by atoms with Crippen molar-refractivity contribution in [2.45, 2.75) is 32.4 Å². The number of ether oxygens (including phenoxy) is 1. The molecule has 1 N–H and O–H groups in total. The second-order valence-corrected chi connectivity index (χ2v) is 8.88. The van der Waals surface area contributed by atoms with Crippen molar-refractivity contribution in [3.05, 3.63) is 65.4 Å². The maximum absolute atomic E-state index is 13.5. The number of H-pyrrole nitrogens is 1. The van der Waals surface area contributed by atoms with Gasteiger partial charge in [0.1, 0.15) is 11.8 Å². The van der Waals surface area contributed by atoms with Crippen LogP contribution in [0.1, 0.15) is 36.7 Å². The lowest BCUT2D eigenvalue weighted by Gasteiger charge is -2.47. The molecule has 0 saturated carbocycles. The summed E-state index contributed by atoms with van der Waals surface area (Å²) >= 11 is 0. The monoisotopic (exact) mass is 417 g/mol. The van der Waals surface area contributed by atoms with Crippen LogP contribution in [0.25, 0.3) is 10.9 Å². The molecule has 3 heterocycles. The number of carbonyl (C=O) groups is 2. The first-order chi connectivity index (χ1) is 15.0. The number of rotatable bonds is 4. The number of para-hydroxylation sites is 1. The fourth-order valence-electron chi connectivity index (χ4n) is 5.08. The molecule has 0 radical (unpaired) electrons. The van der Waals surface area contributed by atoms with Crippen LogP contribution in [0.2, 0.25) is 0 Å². The lowest BCUT2D eigenvalue weighted by molar-refractivity contribution is -0.159. The Morgan fingerprint density at radius 3 is 2.71 bits per heavy atom. The summed E-state index contributed by atoms with van der Waals surface area (Å²) in [6.07, 6.45) is 0.527. The van der Waals surface area contributed by atoms with Gasteiger partial charge in [0, 0.05) is 29.6 Å². The van der Waals surface area contributed by atoms with Crippen molar-refractivity contribution in [1.29, 1.82) is 0 Å². The van der Waals surface area contributed by atoms with Crippen LogP contribution in [0.5, 0.6) is 5.75 Å². The van der Waals surface area contributed by atoms with E-state index in [-0.39, 0.29) is 24.4 Å². The zero-order valence-corrected chi connectivity index (χ0v) is 18.1. The van der Waals surface area contributed by atoms with Crippen LogP contribution in [-0.4, -0.2) is 52.8 Å². The lowest BCUT2D eigenvalue weighted by atomic mass is 9.86. The van der Waals surface area contributed by atoms with Gasteiger partial charge in [-0.25, -0.2) is 0 Å². The summed E-state index contributed by atoms with van der Waals surface area (Å²) in [4.78, 5) is 34.0. The second-order valence-electron chi connectivity index (χ2n) is 8.88. The molecule has 1 aromatic heterocycles. The molecular weight excluding hydrogens is 390 g/mol. The van der Waals surface area contributed by atoms with Crippen molar-refractivity contribution < 1.29 is 14.3 Å². The van der Waals surface area contributed by atoms with E-state index in [1.165, 1.54) is 0 Å². The Kier molecular flexibility index (Phi) is 4.73. The van der Waals surface area contributed by atoms with Crippen molar-refractivity contribution in [2.75, 3.05) is 20.2 Å². The fourth-order valence-corrected chi connectivity index (χ4v) is 5.08. The molecule has 1 fully saturated rings. The van der Waals surface area contributed by atoms with E-state index >= 15 is 0 Å². The van der Waals surface area contributed by atoms with Gasteiger partial charge >= 0.3 is 0 Å². The third-order valence-corrected chi connectivity index (χ3v) is 6.34. The van der Waals surface area contributed by atoms with Crippen LogP contribution in [0, 0.1) is 5.92 Å². The van der Waals surface area contributed by atoms with E-state index < -0.39 is 6.04 Å². The summed E-state index contributed by atoms with van der Waals surface area (Å²) in [5, 5.41) is 1.12. The first kappa shape index (κ1) is 19.7. The minimum absolute atomic E-state index is 0.0117. The van der Waals surface area contributed by atoms with E-state index in [1.807, 2.05) is 42.5 Å². The number of nitrogens with zero attached hydrogens (tertiary/aromatic N) is 2. The molecule has 2 aromatic carbocycles. The predicted octanol–water partition coefficient (Wildman–Crippen LogP) is 3.52. The van der Waals surface area contributed by atoms with Gasteiger partial charge in [-0.2, -0.15) is 0 Å². The number of aromatic amines is 1. The molecule has 5 rings (SSSR count). The van der Waals surface area contributed by atoms with E-state index in [2.05, 4.69) is 24.9 Å². The Hall–Kier alpha value is -3.28. The van der Waals surface area contributed by atoms with E-state index in [0.29, 0.717) is 18.9 Å². The number of benzene rings is 2. The number of aromatic nitrogens is 1. The Bertz CT molecular complexity index is 1170. The molecule has 3 aromatic rings. The highest BCUT2D eigenvalue weighted by Crippen LogP contribution is 2.43. The Morgan fingerprint density at radius 1 is 1.13 bits per heavy atom. The Morgan fingerprint density at radius 2 is 1.94 bits per heavy atom. The summed E-state index contributed by atoms with van der Waals surface area (Å²) in [5.74, 6) is 1.07. The van der Waals surface area contributed by atoms with E-state index in [9.17, 15) is 9.59 Å². The van der Waals surface area contributed by atoms with Crippen LogP contribution >= 0.6 is 0 Å². The molecule has 2 aliphatic rings. The van der Waals surface area contributed by atoms with Crippen molar-refractivity contribution in [2.24, 2.45) is 5.92 Å². The molecule has 2 unspecified atom stereocenters. The first-order valence-electron chi connectivity index (χ1n) is 10.8. The standard InChI is InChI=1S/C25H27N3O3/c1-15(2)13-27-14-22(29)28-21(25(27)30)12-19-18-9-4-5-10-20(18)26-23(19)24(28)16-7-6-8-17(11-16)31-3/h4-11,15,21,24,26H,12-14H2,1-3H3. The van der Waals surface area contributed by atoms with Crippen LogP contribution in [0.15, 0.2) is 48.5 Å². The molecule has 2 amide bonds. The largest absolute Gasteiger partial charge is 0.497 e. The molecule has 160 valence electrons. The van der Waals surface area contributed by atoms with Crippen LogP contribution in [0.3, 0.4) is 0 Å². The molecule has 0 spiro atoms. The van der Waals surface area contributed by atoms with Crippen LogP contribution in [0.4, 0.5) is 0 Å². The molecule has 31 heavy (non-hydrogen) atoms. The number of amides is 2. The molecular formula is C25H27N3O3. The van der Waals surface area contributed by atoms with Gasteiger partial charge in [0.2, 0.25) is 11.8 Å². The van der Waals surface area contributed by atoms with Gasteiger partial charge in [-0.15, -0.1) is 0 Å². The van der Waals surface area contributed by atoms with Crippen molar-refractivity contribution in [1.82, 2.24) is 14.8 Å². The smallest absolute Gasteiger partial charge is 0.246 e. The van der Waals surface area contributed by atoms with Crippen LogP contribution in [-0.2, 0) is 16.0 Å². The summed E-state index contributed by atoms with van der Waals surface area (Å²) in [6.45, 7) is 4.87. The minimum atomic E-state index is -0.497. The average molecular weight is 418 g/mol. The fraction of sp³-hybridized carbons (Fsp3) is 0.360. The predicted molar refractivity (Wildman–Crippen MR) is 119 cm³/mol. The SMILES string of the molecule is COc1cccc(C2c3[nH]c4ccccc4c3CC3C(=O)N(CC(C)C)CC(=O)N32)c1. The number of piperazine rings is 1. The lowest BCUT2D eigenvalue weighted by Crippen LogP contribution is -2.63. The summed E-state index contributed by atoms with van der Waals surface area (Å²) in [6, 6.07) is 15.1. The zero-order valence-electron chi connectivity index (χ0n) is 18.1. The molecule has 2 aliphatic heterocycles. The van der Waals surface area contributed by atoms with E-state index in [4.69, 9.17) is 4.74 Å². The highest BCUT2D eigenvalue weighted by Gasteiger charge is 2.48. The van der Waals surface area contributed by atoms with Gasteiger partial charge in [0.05, 0.1) is 19.7 Å². The number of hydrogen-bond acceptors (Lipinski definition) is 3. The summed E-state index contributed by atoms with van der Waals surface area (Å²) in [7, 11) is 1.64. The zero-order chi connectivity index (χ0) is 21.7. The first-order valence-corrected chi connectivity index (χ1v) is 10.8. The molecule has 0 bridgehead atoms. The normalized spacial score (nSPS) is 20.9. The van der Waals surface area contributed by atoms with Gasteiger partial charge in [-0.05, 0) is 35.2 Å². The molecule has 2 atom stereocenters. The number of methoxy groups -OCH3 is 1. The number of hydrogen-bond donors (Lipinski definition) is 1. The quantitative estimate of drug-likeness (QED) is 0.706. The van der Waals surface area contributed by atoms with Gasteiger partial charge in [0.15, 0.2) is 0 Å². The highest BCUT2D eigenvalue weighted by molar-refractivity contribution is 5.97. The number of fused-ring (bicyclic) bond motifs is 4. The molecule has 1 saturated heterocycles. The Balaban J connectivity index is 1.68. The van der Waals surface area contributed by atoms with Crippen molar-refractivity contribution in [3.63, 3.8) is 0 Å². The highest BCUT2D eigenvalue weighted by atomic mass is 16.5. The van der Waals surface area contributed by atoms with Gasteiger partial charge in [0.25, 0.3) is 0 Å². The number of nitrogens with one attached hydrogen (secondary N) is 1. The molecule has 6 heteroatoms. The Labute approximate surface area is 181 Å². The molecule has 0 aliphatic carbocycles. The third-order valence-electron chi connectivity index (χ3n) is 6.34. The minimum Gasteiger partial charge on any atom is -0.497 e. The average Bonchev–Trinajstić information content (AvgIpc) is 3.14. The van der Waals surface area contributed by atoms with Crippen LogP contribution < -0.4 is 4.74 Å². The van der Waals surface area contributed by atoms with Gasteiger partial charge in [-0.1, -0.05) is 44.2 Å². The van der Waals surface area contributed by atoms with E-state index in [1.54, 1.807) is 16.9 Å². The summed E-state index contributed by atoms with van der Waals surface area (Å²) < 4.78 is 5.45. The van der Waals surface area contributed by atoms with Crippen molar-refractivity contribution in [3.8, 4) is 5.75 Å².